The van der Waals surface area contributed by atoms with Crippen LogP contribution in [0, 0.1) is 0 Å². The van der Waals surface area contributed by atoms with E-state index in [4.69, 9.17) is 9.47 Å². The Labute approximate surface area is 156 Å². The van der Waals surface area contributed by atoms with E-state index in [0.717, 1.165) is 19.3 Å². The van der Waals surface area contributed by atoms with Crippen molar-refractivity contribution in [1.82, 2.24) is 0 Å². The average molecular weight is 373 g/mol. The number of carbonyl (C=O) groups is 1. The molecule has 0 unspecified atom stereocenters. The Hall–Kier alpha value is -0.690. The number of carbonyl (C=O) groups excluding carboxylic acids is 1. The van der Waals surface area contributed by atoms with Gasteiger partial charge in [0.2, 0.25) is 0 Å². The number of unbranched alkanes of at least 4 members (excludes halogenated alkanes) is 4. The molecule has 0 aromatic heterocycles. The molecule has 3 N–H and O–H groups in total. The van der Waals surface area contributed by atoms with E-state index in [-0.39, 0.29) is 37.1 Å². The van der Waals surface area contributed by atoms with Crippen molar-refractivity contribution in [2.24, 2.45) is 0 Å². The van der Waals surface area contributed by atoms with Gasteiger partial charge in [0.1, 0.15) is 6.10 Å². The maximum atomic E-state index is 11.4. The first-order valence-electron chi connectivity index (χ1n) is 10.3. The summed E-state index contributed by atoms with van der Waals surface area (Å²) >= 11 is 0. The Morgan fingerprint density at radius 1 is 0.962 bits per heavy atom. The van der Waals surface area contributed by atoms with Gasteiger partial charge in [0.05, 0.1) is 36.9 Å². The molecule has 0 aliphatic carbocycles. The SMILES string of the molecule is CCCCCCC[C@@H](O)C[C@@H](O)C[C@@H](O)C[C@@H]1C[C@@H]2C[C@@H](CC(=O)O2)O1. The van der Waals surface area contributed by atoms with Gasteiger partial charge >= 0.3 is 5.97 Å². The summed E-state index contributed by atoms with van der Waals surface area (Å²) in [5, 5.41) is 30.4. The highest BCUT2D eigenvalue weighted by molar-refractivity contribution is 5.71. The lowest BCUT2D eigenvalue weighted by Gasteiger charge is -2.39. The van der Waals surface area contributed by atoms with Crippen molar-refractivity contribution in [2.75, 3.05) is 0 Å². The van der Waals surface area contributed by atoms with Gasteiger partial charge in [-0.25, -0.2) is 0 Å². The number of fused-ring (bicyclic) bond motifs is 2. The van der Waals surface area contributed by atoms with E-state index < -0.39 is 18.3 Å². The average Bonchev–Trinajstić information content (AvgIpc) is 2.53. The predicted molar refractivity (Wildman–Crippen MR) is 97.6 cm³/mol. The molecule has 0 amide bonds. The molecule has 26 heavy (non-hydrogen) atoms. The van der Waals surface area contributed by atoms with E-state index in [1.807, 2.05) is 0 Å². The first-order chi connectivity index (χ1) is 12.5. The molecule has 2 bridgehead atoms. The Kier molecular flexibility index (Phi) is 9.33. The van der Waals surface area contributed by atoms with E-state index in [1.54, 1.807) is 0 Å². The lowest BCUT2D eigenvalue weighted by atomic mass is 9.92. The molecular weight excluding hydrogens is 336 g/mol. The normalized spacial score (nSPS) is 29.1. The lowest BCUT2D eigenvalue weighted by Crippen LogP contribution is -2.44. The van der Waals surface area contributed by atoms with Crippen LogP contribution in [-0.4, -0.2) is 57.9 Å². The highest BCUT2D eigenvalue weighted by Crippen LogP contribution is 2.31. The third-order valence-corrected chi connectivity index (χ3v) is 5.39. The van der Waals surface area contributed by atoms with Crippen molar-refractivity contribution in [1.29, 1.82) is 0 Å². The molecule has 2 fully saturated rings. The van der Waals surface area contributed by atoms with Gasteiger partial charge in [-0.2, -0.15) is 0 Å². The molecule has 6 heteroatoms. The first-order valence-corrected chi connectivity index (χ1v) is 10.3. The number of hydrogen-bond acceptors (Lipinski definition) is 6. The molecule has 152 valence electrons. The number of aliphatic hydroxyl groups is 3. The van der Waals surface area contributed by atoms with Crippen molar-refractivity contribution in [3.05, 3.63) is 0 Å². The topological polar surface area (TPSA) is 96.2 Å². The molecule has 2 aliphatic heterocycles. The van der Waals surface area contributed by atoms with Crippen LogP contribution in [0.15, 0.2) is 0 Å². The molecule has 0 aromatic rings. The molecule has 0 aromatic carbocycles. The molecule has 0 spiro atoms. The minimum Gasteiger partial charge on any atom is -0.462 e. The lowest BCUT2D eigenvalue weighted by molar-refractivity contribution is -0.186. The second-order valence-corrected chi connectivity index (χ2v) is 8.04. The van der Waals surface area contributed by atoms with E-state index in [9.17, 15) is 20.1 Å². The minimum absolute atomic E-state index is 0.105. The Balaban J connectivity index is 1.59. The fourth-order valence-corrected chi connectivity index (χ4v) is 4.09. The third kappa shape index (κ3) is 7.91. The molecule has 0 radical (unpaired) electrons. The zero-order valence-corrected chi connectivity index (χ0v) is 16.0. The number of esters is 1. The zero-order chi connectivity index (χ0) is 18.9. The van der Waals surface area contributed by atoms with Gasteiger partial charge in [0, 0.05) is 12.8 Å². The van der Waals surface area contributed by atoms with Crippen molar-refractivity contribution >= 4 is 5.97 Å². The van der Waals surface area contributed by atoms with E-state index in [1.165, 1.54) is 19.3 Å². The van der Waals surface area contributed by atoms with E-state index in [2.05, 4.69) is 6.92 Å². The smallest absolute Gasteiger partial charge is 0.308 e. The van der Waals surface area contributed by atoms with Gasteiger partial charge in [0.25, 0.3) is 0 Å². The second-order valence-electron chi connectivity index (χ2n) is 8.04. The van der Waals surface area contributed by atoms with Crippen LogP contribution in [0.5, 0.6) is 0 Å². The molecule has 6 nitrogen and oxygen atoms in total. The number of hydrogen-bond donors (Lipinski definition) is 3. The second kappa shape index (κ2) is 11.2. The summed E-state index contributed by atoms with van der Waals surface area (Å²) in [6.07, 6.45) is 6.79. The fraction of sp³-hybridized carbons (Fsp3) is 0.950. The fourth-order valence-electron chi connectivity index (χ4n) is 4.09. The summed E-state index contributed by atoms with van der Waals surface area (Å²) in [6.45, 7) is 2.17. The van der Waals surface area contributed by atoms with E-state index >= 15 is 0 Å². The largest absolute Gasteiger partial charge is 0.462 e. The van der Waals surface area contributed by atoms with Crippen LogP contribution in [0.25, 0.3) is 0 Å². The highest BCUT2D eigenvalue weighted by atomic mass is 16.6. The highest BCUT2D eigenvalue weighted by Gasteiger charge is 2.38. The zero-order valence-electron chi connectivity index (χ0n) is 16.0. The molecule has 2 saturated heterocycles. The van der Waals surface area contributed by atoms with Crippen molar-refractivity contribution in [3.63, 3.8) is 0 Å². The monoisotopic (exact) mass is 372 g/mol. The van der Waals surface area contributed by atoms with Crippen LogP contribution in [0.3, 0.4) is 0 Å². The number of ether oxygens (including phenoxy) is 2. The molecule has 2 aliphatic rings. The van der Waals surface area contributed by atoms with Crippen LogP contribution in [0.2, 0.25) is 0 Å². The van der Waals surface area contributed by atoms with Crippen LogP contribution in [-0.2, 0) is 14.3 Å². The Morgan fingerprint density at radius 2 is 1.69 bits per heavy atom. The Bertz CT molecular complexity index is 399. The van der Waals surface area contributed by atoms with E-state index in [0.29, 0.717) is 25.7 Å². The van der Waals surface area contributed by atoms with Gasteiger partial charge in [-0.05, 0) is 25.7 Å². The van der Waals surface area contributed by atoms with Gasteiger partial charge < -0.3 is 24.8 Å². The van der Waals surface area contributed by atoms with Crippen LogP contribution in [0.1, 0.15) is 84.0 Å². The quantitative estimate of drug-likeness (QED) is 0.360. The summed E-state index contributed by atoms with van der Waals surface area (Å²) in [5.41, 5.74) is 0. The number of aliphatic hydroxyl groups excluding tert-OH is 3. The summed E-state index contributed by atoms with van der Waals surface area (Å²) in [4.78, 5) is 11.4. The predicted octanol–water partition coefficient (Wildman–Crippen LogP) is 2.46. The molecular formula is C20H36O6. The van der Waals surface area contributed by atoms with Crippen LogP contribution >= 0.6 is 0 Å². The van der Waals surface area contributed by atoms with Crippen LogP contribution < -0.4 is 0 Å². The van der Waals surface area contributed by atoms with Crippen LogP contribution in [0.4, 0.5) is 0 Å². The summed E-state index contributed by atoms with van der Waals surface area (Å²) in [6, 6.07) is 0. The third-order valence-electron chi connectivity index (χ3n) is 5.39. The molecule has 6 atom stereocenters. The van der Waals surface area contributed by atoms with Gasteiger partial charge in [0.15, 0.2) is 0 Å². The molecule has 2 rings (SSSR count). The van der Waals surface area contributed by atoms with Gasteiger partial charge in [-0.3, -0.25) is 4.79 Å². The molecule has 2 heterocycles. The summed E-state index contributed by atoms with van der Waals surface area (Å²) in [7, 11) is 0. The number of rotatable bonds is 12. The first kappa shape index (κ1) is 21.6. The van der Waals surface area contributed by atoms with Gasteiger partial charge in [-0.1, -0.05) is 39.0 Å². The minimum atomic E-state index is -0.712. The maximum absolute atomic E-state index is 11.4. The maximum Gasteiger partial charge on any atom is 0.308 e. The Morgan fingerprint density at radius 3 is 2.42 bits per heavy atom. The van der Waals surface area contributed by atoms with Crippen molar-refractivity contribution < 1.29 is 29.6 Å². The summed E-state index contributed by atoms with van der Waals surface area (Å²) in [5.74, 6) is -0.204. The molecule has 0 saturated carbocycles. The summed E-state index contributed by atoms with van der Waals surface area (Å²) < 4.78 is 11.1. The van der Waals surface area contributed by atoms with Crippen molar-refractivity contribution in [2.45, 2.75) is 121 Å². The van der Waals surface area contributed by atoms with Crippen molar-refractivity contribution in [3.8, 4) is 0 Å². The van der Waals surface area contributed by atoms with Gasteiger partial charge in [-0.15, -0.1) is 0 Å². The standard InChI is InChI=1S/C20H36O6/c1-2-3-4-5-6-7-14(21)8-15(22)9-16(23)10-17-11-18-12-19(25-17)13-20(24)26-18/h14-19,21-23H,2-13H2,1H3/t14-,15-,16-,17-,18-,19+/m1/s1.